The van der Waals surface area contributed by atoms with Crippen molar-refractivity contribution in [2.45, 2.75) is 257 Å². The molecule has 2 atom stereocenters. The van der Waals surface area contributed by atoms with E-state index in [2.05, 4.69) is 62.5 Å². The summed E-state index contributed by atoms with van der Waals surface area (Å²) >= 11 is 0. The van der Waals surface area contributed by atoms with E-state index in [1.165, 1.54) is 154 Å². The molecule has 0 bridgehead atoms. The van der Waals surface area contributed by atoms with Gasteiger partial charge in [0.05, 0.1) is 40.3 Å². The lowest BCUT2D eigenvalue weighted by atomic mass is 10.0. The molecule has 0 rings (SSSR count). The largest absolute Gasteiger partial charge is 0.545 e. The smallest absolute Gasteiger partial charge is 0.306 e. The Bertz CT molecular complexity index is 1240. The maximum atomic E-state index is 12.8. The fourth-order valence-electron chi connectivity index (χ4n) is 7.82. The zero-order valence-corrected chi connectivity index (χ0v) is 44.3. The first kappa shape index (κ1) is 64.2. The molecule has 0 fully saturated rings. The molecule has 0 N–H and O–H groups in total. The molecule has 0 aliphatic rings. The van der Waals surface area contributed by atoms with E-state index in [0.717, 1.165) is 57.8 Å². The summed E-state index contributed by atoms with van der Waals surface area (Å²) in [6.07, 6.45) is 57.4. The Morgan fingerprint density at radius 2 is 0.851 bits per heavy atom. The topological polar surface area (TPSA) is 111 Å². The molecule has 0 aliphatic carbocycles. The van der Waals surface area contributed by atoms with Crippen molar-refractivity contribution in [3.63, 3.8) is 0 Å². The number of aliphatic carboxylic acids is 1. The summed E-state index contributed by atoms with van der Waals surface area (Å²) in [5, 5.41) is 11.7. The van der Waals surface area contributed by atoms with Gasteiger partial charge in [0, 0.05) is 12.8 Å². The van der Waals surface area contributed by atoms with E-state index in [0.29, 0.717) is 23.9 Å². The van der Waals surface area contributed by atoms with Crippen LogP contribution in [0.3, 0.4) is 0 Å². The molecular weight excluding hydrogens is 839 g/mol. The lowest BCUT2D eigenvalue weighted by Gasteiger charge is -2.26. The zero-order chi connectivity index (χ0) is 49.2. The van der Waals surface area contributed by atoms with Crippen LogP contribution >= 0.6 is 0 Å². The normalized spacial score (nSPS) is 13.1. The second kappa shape index (κ2) is 49.7. The van der Waals surface area contributed by atoms with Crippen LogP contribution in [-0.4, -0.2) is 82.3 Å². The molecule has 0 amide bonds. The number of quaternary nitrogens is 1. The highest BCUT2D eigenvalue weighted by Gasteiger charge is 2.22. The molecule has 0 spiro atoms. The van der Waals surface area contributed by atoms with Crippen molar-refractivity contribution in [1.82, 2.24) is 0 Å². The number of carboxylic acid groups (broad SMARTS) is 1. The van der Waals surface area contributed by atoms with Gasteiger partial charge in [-0.25, -0.2) is 0 Å². The number of hydrogen-bond donors (Lipinski definition) is 0. The molecule has 0 saturated heterocycles. The number of carboxylic acids is 1. The lowest BCUT2D eigenvalue weighted by Crippen LogP contribution is -2.44. The van der Waals surface area contributed by atoms with Crippen LogP contribution in [0.4, 0.5) is 0 Å². The van der Waals surface area contributed by atoms with Crippen LogP contribution in [0.2, 0.25) is 0 Å². The number of carbonyl (C=O) groups is 3. The Morgan fingerprint density at radius 1 is 0.463 bits per heavy atom. The lowest BCUT2D eigenvalue weighted by molar-refractivity contribution is -0.870. The molecule has 0 aromatic rings. The third-order valence-electron chi connectivity index (χ3n) is 12.1. The van der Waals surface area contributed by atoms with Gasteiger partial charge in [-0.3, -0.25) is 9.59 Å². The Labute approximate surface area is 412 Å². The average Bonchev–Trinajstić information content (AvgIpc) is 3.29. The van der Waals surface area contributed by atoms with Gasteiger partial charge in [0.2, 0.25) is 0 Å². The summed E-state index contributed by atoms with van der Waals surface area (Å²) in [7, 11) is 5.92. The molecule has 9 heteroatoms. The van der Waals surface area contributed by atoms with E-state index in [9.17, 15) is 19.5 Å². The summed E-state index contributed by atoms with van der Waals surface area (Å²) in [5.41, 5.74) is 0. The highest BCUT2D eigenvalue weighted by atomic mass is 16.7. The zero-order valence-electron chi connectivity index (χ0n) is 44.3. The fraction of sp³-hybridized carbons (Fsp3) is 0.810. The second-order valence-corrected chi connectivity index (χ2v) is 19.9. The molecule has 390 valence electrons. The number of esters is 2. The van der Waals surface area contributed by atoms with E-state index >= 15 is 0 Å². The van der Waals surface area contributed by atoms with Gasteiger partial charge in [-0.2, -0.15) is 0 Å². The first-order valence-electron chi connectivity index (χ1n) is 27.8. The summed E-state index contributed by atoms with van der Waals surface area (Å²) in [6, 6.07) is 0. The Balaban J connectivity index is 4.08. The van der Waals surface area contributed by atoms with Crippen molar-refractivity contribution in [1.29, 1.82) is 0 Å². The molecule has 0 heterocycles. The third kappa shape index (κ3) is 50.9. The van der Waals surface area contributed by atoms with Crippen LogP contribution in [-0.2, 0) is 33.3 Å². The highest BCUT2D eigenvalue weighted by molar-refractivity contribution is 5.70. The summed E-state index contributed by atoms with van der Waals surface area (Å²) in [5.74, 6) is -2.27. The van der Waals surface area contributed by atoms with Gasteiger partial charge in [0.25, 0.3) is 0 Å². The maximum absolute atomic E-state index is 12.8. The standard InChI is InChI=1S/C58H105NO8/c1-6-8-10-12-14-16-18-19-20-21-22-23-24-25-26-27-28-29-30-31-32-33-34-35-36-37-39-41-43-45-47-49-56(61)67-54(53-66-58(57(62)63)64-51-50-59(3,4)5)52-65-55(60)48-46-44-42-40-38-17-15-13-11-9-7-2/h8,10,14,16,19-20,22-23,54,58H,6-7,9,11-13,15,17-18,21,24-53H2,1-5H3/b10-8-,16-14-,20-19-,23-22-. The number of carbonyl (C=O) groups excluding carboxylic acids is 3. The minimum absolute atomic E-state index is 0.149. The van der Waals surface area contributed by atoms with E-state index in [1.807, 2.05) is 21.1 Å². The number of ether oxygens (including phenoxy) is 4. The van der Waals surface area contributed by atoms with Crippen LogP contribution in [0.25, 0.3) is 0 Å². The number of nitrogens with zero attached hydrogens (tertiary/aromatic N) is 1. The van der Waals surface area contributed by atoms with Gasteiger partial charge in [0.15, 0.2) is 12.4 Å². The first-order chi connectivity index (χ1) is 32.6. The number of hydrogen-bond acceptors (Lipinski definition) is 8. The predicted molar refractivity (Wildman–Crippen MR) is 279 cm³/mol. The summed E-state index contributed by atoms with van der Waals surface area (Å²) < 4.78 is 22.6. The fourth-order valence-corrected chi connectivity index (χ4v) is 7.82. The van der Waals surface area contributed by atoms with Gasteiger partial charge in [-0.05, 0) is 51.4 Å². The van der Waals surface area contributed by atoms with Crippen molar-refractivity contribution in [2.24, 2.45) is 0 Å². The van der Waals surface area contributed by atoms with Gasteiger partial charge in [-0.1, -0.05) is 229 Å². The monoisotopic (exact) mass is 944 g/mol. The Kier molecular flexibility index (Phi) is 47.6. The molecule has 9 nitrogen and oxygen atoms in total. The number of allylic oxidation sites excluding steroid dienone is 8. The van der Waals surface area contributed by atoms with Crippen LogP contribution in [0.5, 0.6) is 0 Å². The highest BCUT2D eigenvalue weighted by Crippen LogP contribution is 2.17. The summed E-state index contributed by atoms with van der Waals surface area (Å²) in [4.78, 5) is 37.1. The molecule has 0 aliphatic heterocycles. The van der Waals surface area contributed by atoms with Crippen LogP contribution in [0.15, 0.2) is 48.6 Å². The van der Waals surface area contributed by atoms with E-state index in [4.69, 9.17) is 18.9 Å². The molecule has 2 unspecified atom stereocenters. The van der Waals surface area contributed by atoms with Gasteiger partial charge >= 0.3 is 11.9 Å². The van der Waals surface area contributed by atoms with Gasteiger partial charge in [-0.15, -0.1) is 0 Å². The number of unbranched alkanes of at least 4 members (excludes halogenated alkanes) is 28. The van der Waals surface area contributed by atoms with Crippen molar-refractivity contribution in [2.75, 3.05) is 47.5 Å². The van der Waals surface area contributed by atoms with Gasteiger partial charge < -0.3 is 33.3 Å². The van der Waals surface area contributed by atoms with E-state index in [1.54, 1.807) is 0 Å². The SMILES string of the molecule is CC/C=C\C/C=C\C/C=C\C/C=C\CCCCCCCCCCCCCCCCCCCCC(=O)OC(COC(=O)CCCCCCCCCCCCC)COC(OCC[N+](C)(C)C)C(=O)[O-]. The van der Waals surface area contributed by atoms with Crippen molar-refractivity contribution < 1.29 is 42.9 Å². The van der Waals surface area contributed by atoms with Crippen molar-refractivity contribution in [3.05, 3.63) is 48.6 Å². The van der Waals surface area contributed by atoms with Crippen LogP contribution < -0.4 is 5.11 Å². The minimum atomic E-state index is -1.62. The van der Waals surface area contributed by atoms with E-state index < -0.39 is 24.3 Å². The molecule has 0 aromatic heterocycles. The first-order valence-corrected chi connectivity index (χ1v) is 27.8. The van der Waals surface area contributed by atoms with Crippen LogP contribution in [0, 0.1) is 0 Å². The molecular formula is C58H105NO8. The quantitative estimate of drug-likeness (QED) is 0.0195. The maximum Gasteiger partial charge on any atom is 0.306 e. The van der Waals surface area contributed by atoms with Crippen molar-refractivity contribution in [3.8, 4) is 0 Å². The molecule has 67 heavy (non-hydrogen) atoms. The minimum Gasteiger partial charge on any atom is -0.545 e. The third-order valence-corrected chi connectivity index (χ3v) is 12.1. The molecule has 0 saturated carbocycles. The summed E-state index contributed by atoms with van der Waals surface area (Å²) in [6.45, 7) is 4.64. The molecule has 0 radical (unpaired) electrons. The Morgan fingerprint density at radius 3 is 1.27 bits per heavy atom. The second-order valence-electron chi connectivity index (χ2n) is 19.9. The average molecular weight is 944 g/mol. The Hall–Kier alpha value is -2.75. The van der Waals surface area contributed by atoms with Gasteiger partial charge in [0.1, 0.15) is 13.2 Å². The molecule has 0 aromatic carbocycles. The number of rotatable bonds is 51. The van der Waals surface area contributed by atoms with Crippen LogP contribution in [0.1, 0.15) is 245 Å². The van der Waals surface area contributed by atoms with E-state index in [-0.39, 0.29) is 32.2 Å². The predicted octanol–water partition coefficient (Wildman–Crippen LogP) is 14.6. The van der Waals surface area contributed by atoms with Crippen molar-refractivity contribution >= 4 is 17.9 Å². The number of likely N-dealkylation sites (N-methyl/N-ethyl adjacent to an activating group) is 1.